The van der Waals surface area contributed by atoms with E-state index in [2.05, 4.69) is 47.4 Å². The molecule has 1 aromatic heterocycles. The zero-order valence-corrected chi connectivity index (χ0v) is 13.9. The van der Waals surface area contributed by atoms with Crippen LogP contribution in [0.5, 0.6) is 5.75 Å². The predicted octanol–water partition coefficient (Wildman–Crippen LogP) is 2.94. The van der Waals surface area contributed by atoms with Crippen molar-refractivity contribution in [2.24, 2.45) is 0 Å². The van der Waals surface area contributed by atoms with Gasteiger partial charge in [0.1, 0.15) is 5.75 Å². The van der Waals surface area contributed by atoms with E-state index in [9.17, 15) is 4.79 Å². The molecule has 2 N–H and O–H groups in total. The van der Waals surface area contributed by atoms with Gasteiger partial charge in [-0.2, -0.15) is 5.10 Å². The summed E-state index contributed by atoms with van der Waals surface area (Å²) in [5.41, 5.74) is 1.91. The van der Waals surface area contributed by atoms with E-state index in [-0.39, 0.29) is 12.5 Å². The third kappa shape index (κ3) is 4.08. The number of amides is 1. The Morgan fingerprint density at radius 2 is 2.25 bits per heavy atom. The van der Waals surface area contributed by atoms with Crippen LogP contribution in [0.3, 0.4) is 0 Å². The molecule has 106 valence electrons. The lowest BCUT2D eigenvalue weighted by Gasteiger charge is -2.09. The monoisotopic (exact) mass is 401 g/mol. The van der Waals surface area contributed by atoms with Crippen molar-refractivity contribution in [1.29, 1.82) is 0 Å². The SMILES string of the molecule is Cc1[nH]ncc1CNC(=O)COc1ccc(Br)cc1Br. The molecule has 0 unspecified atom stereocenters. The van der Waals surface area contributed by atoms with Gasteiger partial charge in [0.15, 0.2) is 6.61 Å². The summed E-state index contributed by atoms with van der Waals surface area (Å²) in [4.78, 5) is 11.7. The molecule has 0 fully saturated rings. The van der Waals surface area contributed by atoms with Gasteiger partial charge in [-0.05, 0) is 41.1 Å². The normalized spacial score (nSPS) is 10.3. The van der Waals surface area contributed by atoms with Crippen molar-refractivity contribution in [2.75, 3.05) is 6.61 Å². The Morgan fingerprint density at radius 3 is 2.90 bits per heavy atom. The number of halogens is 2. The molecule has 1 aromatic carbocycles. The smallest absolute Gasteiger partial charge is 0.258 e. The number of aromatic nitrogens is 2. The van der Waals surface area contributed by atoms with Crippen molar-refractivity contribution in [3.63, 3.8) is 0 Å². The average molecular weight is 403 g/mol. The van der Waals surface area contributed by atoms with Crippen molar-refractivity contribution >= 4 is 37.8 Å². The van der Waals surface area contributed by atoms with E-state index in [4.69, 9.17) is 4.74 Å². The van der Waals surface area contributed by atoms with Crippen LogP contribution < -0.4 is 10.1 Å². The summed E-state index contributed by atoms with van der Waals surface area (Å²) in [6, 6.07) is 5.51. The van der Waals surface area contributed by atoms with Crippen molar-refractivity contribution in [3.05, 3.63) is 44.6 Å². The van der Waals surface area contributed by atoms with Crippen LogP contribution in [0.25, 0.3) is 0 Å². The summed E-state index contributed by atoms with van der Waals surface area (Å²) in [5.74, 6) is 0.447. The first-order valence-electron chi connectivity index (χ1n) is 5.89. The number of rotatable bonds is 5. The van der Waals surface area contributed by atoms with Crippen molar-refractivity contribution in [1.82, 2.24) is 15.5 Å². The maximum Gasteiger partial charge on any atom is 0.258 e. The number of carbonyl (C=O) groups is 1. The maximum absolute atomic E-state index is 11.7. The van der Waals surface area contributed by atoms with Gasteiger partial charge in [0.25, 0.3) is 5.91 Å². The molecule has 0 bridgehead atoms. The number of carbonyl (C=O) groups excluding carboxylic acids is 1. The Morgan fingerprint density at radius 1 is 1.45 bits per heavy atom. The zero-order valence-electron chi connectivity index (χ0n) is 10.7. The summed E-state index contributed by atoms with van der Waals surface area (Å²) in [5, 5.41) is 9.49. The fourth-order valence-electron chi connectivity index (χ4n) is 1.53. The van der Waals surface area contributed by atoms with Crippen LogP contribution in [-0.4, -0.2) is 22.7 Å². The number of aromatic amines is 1. The van der Waals surface area contributed by atoms with Gasteiger partial charge in [0.2, 0.25) is 0 Å². The highest BCUT2D eigenvalue weighted by atomic mass is 79.9. The number of aryl methyl sites for hydroxylation is 1. The lowest BCUT2D eigenvalue weighted by atomic mass is 10.2. The van der Waals surface area contributed by atoms with Gasteiger partial charge in [-0.1, -0.05) is 15.9 Å². The summed E-state index contributed by atoms with van der Waals surface area (Å²) in [6.07, 6.45) is 1.70. The van der Waals surface area contributed by atoms with E-state index in [1.54, 1.807) is 12.3 Å². The van der Waals surface area contributed by atoms with E-state index < -0.39 is 0 Å². The molecule has 20 heavy (non-hydrogen) atoms. The van der Waals surface area contributed by atoms with Crippen LogP contribution in [0, 0.1) is 6.92 Å². The van der Waals surface area contributed by atoms with E-state index in [1.165, 1.54) is 0 Å². The van der Waals surface area contributed by atoms with Crippen molar-refractivity contribution < 1.29 is 9.53 Å². The predicted molar refractivity (Wildman–Crippen MR) is 82.5 cm³/mol. The highest BCUT2D eigenvalue weighted by Gasteiger charge is 2.07. The molecule has 0 radical (unpaired) electrons. The molecular formula is C13H13Br2N3O2. The standard InChI is InChI=1S/C13H13Br2N3O2/c1-8-9(6-17-18-8)5-16-13(19)7-20-12-3-2-10(14)4-11(12)15/h2-4,6H,5,7H2,1H3,(H,16,19)(H,17,18). The Kier molecular flexibility index (Phi) is 5.19. The molecule has 2 aromatic rings. The molecule has 1 amide bonds. The molecule has 1 heterocycles. The average Bonchev–Trinajstić information content (AvgIpc) is 2.81. The van der Waals surface area contributed by atoms with E-state index >= 15 is 0 Å². The third-order valence-corrected chi connectivity index (χ3v) is 3.78. The number of ether oxygens (including phenoxy) is 1. The minimum absolute atomic E-state index is 0.0306. The second-order valence-corrected chi connectivity index (χ2v) is 5.93. The van der Waals surface area contributed by atoms with Gasteiger partial charge < -0.3 is 10.1 Å². The minimum Gasteiger partial charge on any atom is -0.483 e. The van der Waals surface area contributed by atoms with Gasteiger partial charge in [0, 0.05) is 22.3 Å². The summed E-state index contributed by atoms with van der Waals surface area (Å²) in [6.45, 7) is 2.31. The van der Waals surface area contributed by atoms with E-state index in [0.29, 0.717) is 12.3 Å². The molecule has 0 aliphatic heterocycles. The largest absolute Gasteiger partial charge is 0.483 e. The number of nitrogens with one attached hydrogen (secondary N) is 2. The second kappa shape index (κ2) is 6.90. The van der Waals surface area contributed by atoms with Gasteiger partial charge >= 0.3 is 0 Å². The van der Waals surface area contributed by atoms with Gasteiger partial charge in [-0.3, -0.25) is 9.89 Å². The number of H-pyrrole nitrogens is 1. The quantitative estimate of drug-likeness (QED) is 0.807. The Bertz CT molecular complexity index is 613. The molecule has 0 saturated carbocycles. The van der Waals surface area contributed by atoms with Crippen molar-refractivity contribution in [3.8, 4) is 5.75 Å². The minimum atomic E-state index is -0.180. The molecule has 0 aliphatic rings. The Labute approximate surface area is 133 Å². The van der Waals surface area contributed by atoms with E-state index in [0.717, 1.165) is 20.2 Å². The Hall–Kier alpha value is -1.34. The number of benzene rings is 1. The highest BCUT2D eigenvalue weighted by molar-refractivity contribution is 9.11. The number of hydrogen-bond acceptors (Lipinski definition) is 3. The number of nitrogens with zero attached hydrogens (tertiary/aromatic N) is 1. The lowest BCUT2D eigenvalue weighted by Crippen LogP contribution is -2.28. The first-order valence-corrected chi connectivity index (χ1v) is 7.48. The van der Waals surface area contributed by atoms with Gasteiger partial charge in [-0.15, -0.1) is 0 Å². The summed E-state index contributed by atoms with van der Waals surface area (Å²) in [7, 11) is 0. The Balaban J connectivity index is 1.82. The maximum atomic E-state index is 11.7. The molecule has 5 nitrogen and oxygen atoms in total. The first-order chi connectivity index (χ1) is 9.56. The molecule has 0 spiro atoms. The van der Waals surface area contributed by atoms with Crippen LogP contribution >= 0.6 is 31.9 Å². The van der Waals surface area contributed by atoms with Crippen LogP contribution in [0.2, 0.25) is 0 Å². The lowest BCUT2D eigenvalue weighted by molar-refractivity contribution is -0.123. The van der Waals surface area contributed by atoms with Crippen LogP contribution in [0.4, 0.5) is 0 Å². The summed E-state index contributed by atoms with van der Waals surface area (Å²) < 4.78 is 7.19. The fourth-order valence-corrected chi connectivity index (χ4v) is 2.70. The third-order valence-electron chi connectivity index (χ3n) is 2.66. The molecule has 0 saturated heterocycles. The molecule has 7 heteroatoms. The molecular weight excluding hydrogens is 390 g/mol. The topological polar surface area (TPSA) is 67.0 Å². The van der Waals surface area contributed by atoms with Gasteiger partial charge in [-0.25, -0.2) is 0 Å². The molecule has 0 aliphatic carbocycles. The highest BCUT2D eigenvalue weighted by Crippen LogP contribution is 2.28. The van der Waals surface area contributed by atoms with E-state index in [1.807, 2.05) is 19.1 Å². The molecule has 0 atom stereocenters. The van der Waals surface area contributed by atoms with Crippen LogP contribution in [0.1, 0.15) is 11.3 Å². The summed E-state index contributed by atoms with van der Waals surface area (Å²) >= 11 is 6.73. The second-order valence-electron chi connectivity index (χ2n) is 4.16. The van der Waals surface area contributed by atoms with Crippen molar-refractivity contribution in [2.45, 2.75) is 13.5 Å². The number of hydrogen-bond donors (Lipinski definition) is 2. The fraction of sp³-hybridized carbons (Fsp3) is 0.231. The first kappa shape index (κ1) is 15.1. The molecule has 2 rings (SSSR count). The van der Waals surface area contributed by atoms with Crippen LogP contribution in [0.15, 0.2) is 33.3 Å². The van der Waals surface area contributed by atoms with Gasteiger partial charge in [0.05, 0.1) is 10.7 Å². The van der Waals surface area contributed by atoms with Crippen LogP contribution in [-0.2, 0) is 11.3 Å². The zero-order chi connectivity index (χ0) is 14.5.